The van der Waals surface area contributed by atoms with Crippen molar-refractivity contribution < 1.29 is 23.2 Å². The van der Waals surface area contributed by atoms with Crippen LogP contribution in [-0.4, -0.2) is 63.6 Å². The molecule has 206 valence electrons. The first kappa shape index (κ1) is 26.5. The number of hydrogen-bond donors (Lipinski definition) is 1. The lowest BCUT2D eigenvalue weighted by Crippen LogP contribution is -2.55. The van der Waals surface area contributed by atoms with Crippen LogP contribution >= 0.6 is 11.6 Å². The highest BCUT2D eigenvalue weighted by atomic mass is 35.5. The summed E-state index contributed by atoms with van der Waals surface area (Å²) in [5.74, 6) is 1.43. The molecule has 2 atom stereocenters. The summed E-state index contributed by atoms with van der Waals surface area (Å²) in [4.78, 5) is 8.96. The molecule has 1 aliphatic heterocycles. The molecule has 1 N–H and O–H groups in total. The molecule has 0 aliphatic carbocycles. The van der Waals surface area contributed by atoms with Crippen LogP contribution in [0.25, 0.3) is 33.8 Å². The molecule has 1 saturated heterocycles. The van der Waals surface area contributed by atoms with Crippen molar-refractivity contribution in [2.75, 3.05) is 26.2 Å². The molecule has 0 saturated carbocycles. The third-order valence-electron chi connectivity index (χ3n) is 6.97. The first-order valence-corrected chi connectivity index (χ1v) is 13.5. The molecule has 0 radical (unpaired) electrons. The number of piperazine rings is 1. The van der Waals surface area contributed by atoms with Gasteiger partial charge in [-0.3, -0.25) is 9.80 Å². The van der Waals surface area contributed by atoms with E-state index in [4.69, 9.17) is 25.3 Å². The Morgan fingerprint density at radius 1 is 1.02 bits per heavy atom. The summed E-state index contributed by atoms with van der Waals surface area (Å²) in [6.45, 7) is 5.33. The summed E-state index contributed by atoms with van der Waals surface area (Å²) in [6.07, 6.45) is -1.25. The van der Waals surface area contributed by atoms with E-state index in [1.807, 2.05) is 30.3 Å². The average Bonchev–Trinajstić information content (AvgIpc) is 3.60. The molecule has 8 nitrogen and oxygen atoms in total. The van der Waals surface area contributed by atoms with Crippen LogP contribution in [0.4, 0.5) is 4.39 Å². The number of aromatic nitrogens is 2. The summed E-state index contributed by atoms with van der Waals surface area (Å²) < 4.78 is 31.0. The quantitative estimate of drug-likeness (QED) is 0.252. The SMILES string of the molecule is C[C@@H](O)C(Oc1ccc2oc(-c3ccc(F)cc3)nc2c1)N1CCN(Cc2cc(-c3ccccc3Cl)no2)CC1. The Bertz CT molecular complexity index is 1600. The highest BCUT2D eigenvalue weighted by Gasteiger charge is 2.29. The number of ether oxygens (including phenoxy) is 1. The van der Waals surface area contributed by atoms with E-state index in [1.165, 1.54) is 12.1 Å². The Morgan fingerprint density at radius 3 is 2.55 bits per heavy atom. The zero-order valence-corrected chi connectivity index (χ0v) is 22.6. The molecule has 1 fully saturated rings. The molecule has 1 aliphatic rings. The third kappa shape index (κ3) is 5.73. The molecule has 6 rings (SSSR count). The van der Waals surface area contributed by atoms with Gasteiger partial charge in [-0.05, 0) is 49.4 Å². The Kier molecular flexibility index (Phi) is 7.53. The van der Waals surface area contributed by atoms with Crippen molar-refractivity contribution in [2.45, 2.75) is 25.8 Å². The monoisotopic (exact) mass is 562 g/mol. The van der Waals surface area contributed by atoms with E-state index >= 15 is 0 Å². The van der Waals surface area contributed by atoms with Gasteiger partial charge in [-0.15, -0.1) is 0 Å². The number of aliphatic hydroxyl groups excluding tert-OH is 1. The van der Waals surface area contributed by atoms with Crippen LogP contribution in [0, 0.1) is 5.82 Å². The van der Waals surface area contributed by atoms with Gasteiger partial charge in [0.1, 0.15) is 28.9 Å². The van der Waals surface area contributed by atoms with Gasteiger partial charge in [0.15, 0.2) is 17.6 Å². The number of benzene rings is 3. The fourth-order valence-corrected chi connectivity index (χ4v) is 5.13. The van der Waals surface area contributed by atoms with Gasteiger partial charge in [-0.1, -0.05) is 35.0 Å². The van der Waals surface area contributed by atoms with Crippen molar-refractivity contribution in [1.29, 1.82) is 0 Å². The normalized spacial score (nSPS) is 16.3. The molecule has 0 bridgehead atoms. The lowest BCUT2D eigenvalue weighted by Gasteiger charge is -2.39. The molecular formula is C30H28ClFN4O4. The van der Waals surface area contributed by atoms with E-state index in [9.17, 15) is 9.50 Å². The highest BCUT2D eigenvalue weighted by Crippen LogP contribution is 2.29. The van der Waals surface area contributed by atoms with Crippen molar-refractivity contribution in [3.8, 4) is 28.5 Å². The fraction of sp³-hybridized carbons (Fsp3) is 0.267. The number of oxazole rings is 1. The lowest BCUT2D eigenvalue weighted by molar-refractivity contribution is -0.0756. The second-order valence-corrected chi connectivity index (χ2v) is 10.3. The van der Waals surface area contributed by atoms with Crippen LogP contribution in [0.5, 0.6) is 5.75 Å². The highest BCUT2D eigenvalue weighted by molar-refractivity contribution is 6.33. The lowest BCUT2D eigenvalue weighted by atomic mass is 10.1. The van der Waals surface area contributed by atoms with Gasteiger partial charge in [-0.2, -0.15) is 0 Å². The van der Waals surface area contributed by atoms with Crippen molar-refractivity contribution in [2.24, 2.45) is 0 Å². The number of halogens is 2. The van der Waals surface area contributed by atoms with Crippen molar-refractivity contribution in [1.82, 2.24) is 19.9 Å². The first-order chi connectivity index (χ1) is 19.4. The van der Waals surface area contributed by atoms with Gasteiger partial charge in [-0.25, -0.2) is 9.37 Å². The molecule has 2 aromatic heterocycles. The minimum atomic E-state index is -0.721. The molecule has 0 amide bonds. The number of hydrogen-bond acceptors (Lipinski definition) is 8. The van der Waals surface area contributed by atoms with Gasteiger partial charge >= 0.3 is 0 Å². The third-order valence-corrected chi connectivity index (χ3v) is 7.30. The minimum Gasteiger partial charge on any atom is -0.472 e. The second kappa shape index (κ2) is 11.4. The zero-order valence-electron chi connectivity index (χ0n) is 21.8. The largest absolute Gasteiger partial charge is 0.472 e. The van der Waals surface area contributed by atoms with E-state index in [0.29, 0.717) is 53.0 Å². The van der Waals surface area contributed by atoms with Crippen LogP contribution < -0.4 is 4.74 Å². The Labute approximate surface area is 235 Å². The average molecular weight is 563 g/mol. The second-order valence-electron chi connectivity index (χ2n) is 9.87. The number of aliphatic hydroxyl groups is 1. The van der Waals surface area contributed by atoms with E-state index < -0.39 is 12.3 Å². The molecule has 1 unspecified atom stereocenters. The molecule has 10 heteroatoms. The summed E-state index contributed by atoms with van der Waals surface area (Å²) in [5, 5.41) is 15.4. The van der Waals surface area contributed by atoms with E-state index in [2.05, 4.69) is 19.9 Å². The van der Waals surface area contributed by atoms with Crippen molar-refractivity contribution in [3.63, 3.8) is 0 Å². The minimum absolute atomic E-state index is 0.318. The topological polar surface area (TPSA) is 88.0 Å². The number of nitrogens with zero attached hydrogens (tertiary/aromatic N) is 4. The first-order valence-electron chi connectivity index (χ1n) is 13.1. The van der Waals surface area contributed by atoms with E-state index in [0.717, 1.165) is 30.1 Å². The van der Waals surface area contributed by atoms with Gasteiger partial charge in [0.25, 0.3) is 0 Å². The van der Waals surface area contributed by atoms with Crippen LogP contribution in [0.15, 0.2) is 81.7 Å². The molecule has 40 heavy (non-hydrogen) atoms. The van der Waals surface area contributed by atoms with Crippen LogP contribution in [0.3, 0.4) is 0 Å². The van der Waals surface area contributed by atoms with E-state index in [-0.39, 0.29) is 5.82 Å². The predicted molar refractivity (Wildman–Crippen MR) is 149 cm³/mol. The summed E-state index contributed by atoms with van der Waals surface area (Å²) in [6, 6.07) is 20.9. The maximum Gasteiger partial charge on any atom is 0.227 e. The summed E-state index contributed by atoms with van der Waals surface area (Å²) in [7, 11) is 0. The summed E-state index contributed by atoms with van der Waals surface area (Å²) in [5.41, 5.74) is 3.46. The van der Waals surface area contributed by atoms with Crippen LogP contribution in [-0.2, 0) is 6.54 Å². The maximum absolute atomic E-state index is 13.3. The van der Waals surface area contributed by atoms with Crippen LogP contribution in [0.2, 0.25) is 5.02 Å². The van der Waals surface area contributed by atoms with Gasteiger partial charge in [0.05, 0.1) is 11.6 Å². The Balaban J connectivity index is 1.09. The van der Waals surface area contributed by atoms with Crippen molar-refractivity contribution in [3.05, 3.63) is 89.4 Å². The standard InChI is InChI=1S/C30H28ClFN4O4/c1-19(37)30(38-22-10-11-28-27(16-22)33-29(39-28)20-6-8-21(32)9-7-20)36-14-12-35(13-15-36)18-23-17-26(34-40-23)24-4-2-3-5-25(24)31/h2-11,16-17,19,30,37H,12-15,18H2,1H3/t19-,30?/m1/s1. The van der Waals surface area contributed by atoms with Gasteiger partial charge in [0.2, 0.25) is 5.89 Å². The van der Waals surface area contributed by atoms with Gasteiger partial charge in [0, 0.05) is 49.4 Å². The Morgan fingerprint density at radius 2 is 1.80 bits per heavy atom. The van der Waals surface area contributed by atoms with Crippen molar-refractivity contribution >= 4 is 22.7 Å². The molecule has 5 aromatic rings. The predicted octanol–water partition coefficient (Wildman–Crippen LogP) is 5.85. The van der Waals surface area contributed by atoms with Crippen LogP contribution in [0.1, 0.15) is 12.7 Å². The molecule has 0 spiro atoms. The fourth-order valence-electron chi connectivity index (χ4n) is 4.89. The maximum atomic E-state index is 13.3. The molecule has 3 aromatic carbocycles. The Hall–Kier alpha value is -3.76. The smallest absolute Gasteiger partial charge is 0.227 e. The summed E-state index contributed by atoms with van der Waals surface area (Å²) >= 11 is 6.30. The molecular weight excluding hydrogens is 535 g/mol. The molecule has 3 heterocycles. The zero-order chi connectivity index (χ0) is 27.6. The number of rotatable bonds is 8. The number of fused-ring (bicyclic) bond motifs is 1. The van der Waals surface area contributed by atoms with E-state index in [1.54, 1.807) is 37.3 Å². The van der Waals surface area contributed by atoms with Gasteiger partial charge < -0.3 is 18.8 Å².